The van der Waals surface area contributed by atoms with Crippen LogP contribution >= 0.6 is 0 Å². The van der Waals surface area contributed by atoms with Gasteiger partial charge < -0.3 is 9.84 Å². The number of aldehydes is 1. The molecular formula is C22H27N3O5S. The number of carbonyl (C=O) groups is 1. The molecule has 2 aliphatic heterocycles. The first-order valence-corrected chi connectivity index (χ1v) is 11.7. The Bertz CT molecular complexity index is 1010. The predicted octanol–water partition coefficient (Wildman–Crippen LogP) is 1.26. The first kappa shape index (κ1) is 21.9. The molecule has 1 aromatic heterocycles. The predicted molar refractivity (Wildman–Crippen MR) is 114 cm³/mol. The second kappa shape index (κ2) is 8.31. The molecule has 1 aromatic carbocycles. The van der Waals surface area contributed by atoms with E-state index in [4.69, 9.17) is 4.74 Å². The Morgan fingerprint density at radius 1 is 1.16 bits per heavy atom. The second-order valence-electron chi connectivity index (χ2n) is 8.48. The van der Waals surface area contributed by atoms with Gasteiger partial charge in [-0.05, 0) is 54.7 Å². The van der Waals surface area contributed by atoms with E-state index in [2.05, 4.69) is 4.98 Å². The van der Waals surface area contributed by atoms with E-state index in [1.807, 2.05) is 4.90 Å². The molecule has 31 heavy (non-hydrogen) atoms. The molecular weight excluding hydrogens is 418 g/mol. The number of aliphatic hydroxyl groups is 1. The highest BCUT2D eigenvalue weighted by Crippen LogP contribution is 2.42. The molecule has 0 saturated carbocycles. The smallest absolute Gasteiger partial charge is 0.243 e. The number of hydrogen-bond acceptors (Lipinski definition) is 7. The number of pyridine rings is 1. The van der Waals surface area contributed by atoms with Gasteiger partial charge >= 0.3 is 0 Å². The fraction of sp³-hybridized carbons (Fsp3) is 0.455. The molecule has 0 radical (unpaired) electrons. The van der Waals surface area contributed by atoms with Gasteiger partial charge in [-0.15, -0.1) is 0 Å². The van der Waals surface area contributed by atoms with Gasteiger partial charge in [0.1, 0.15) is 5.75 Å². The molecule has 0 bridgehead atoms. The Hall–Kier alpha value is -2.33. The highest BCUT2D eigenvalue weighted by molar-refractivity contribution is 7.89. The van der Waals surface area contributed by atoms with Crippen molar-refractivity contribution >= 4 is 16.3 Å². The Balaban J connectivity index is 1.35. The van der Waals surface area contributed by atoms with E-state index in [-0.39, 0.29) is 16.9 Å². The summed E-state index contributed by atoms with van der Waals surface area (Å²) >= 11 is 0. The fourth-order valence-corrected chi connectivity index (χ4v) is 6.01. The summed E-state index contributed by atoms with van der Waals surface area (Å²) in [6, 6.07) is 11.6. The number of ether oxygens (including phenoxy) is 1. The van der Waals surface area contributed by atoms with Crippen molar-refractivity contribution in [1.29, 1.82) is 0 Å². The molecule has 2 aromatic rings. The zero-order valence-electron chi connectivity index (χ0n) is 17.5. The van der Waals surface area contributed by atoms with Crippen LogP contribution < -0.4 is 4.74 Å². The second-order valence-corrected chi connectivity index (χ2v) is 10.4. The van der Waals surface area contributed by atoms with Gasteiger partial charge in [0, 0.05) is 38.9 Å². The van der Waals surface area contributed by atoms with Crippen LogP contribution in [-0.2, 0) is 20.4 Å². The van der Waals surface area contributed by atoms with Gasteiger partial charge in [0.05, 0.1) is 17.7 Å². The van der Waals surface area contributed by atoms with Crippen molar-refractivity contribution in [2.45, 2.75) is 23.3 Å². The molecule has 3 heterocycles. The van der Waals surface area contributed by atoms with E-state index >= 15 is 0 Å². The monoisotopic (exact) mass is 445 g/mol. The number of hydrogen-bond donors (Lipinski definition) is 1. The topological polar surface area (TPSA) is 100 Å². The van der Waals surface area contributed by atoms with Crippen LogP contribution in [0.5, 0.6) is 5.75 Å². The lowest BCUT2D eigenvalue weighted by atomic mass is 9.72. The van der Waals surface area contributed by atoms with Gasteiger partial charge in [-0.3, -0.25) is 14.7 Å². The van der Waals surface area contributed by atoms with Crippen molar-refractivity contribution in [3.05, 3.63) is 54.4 Å². The molecule has 2 fully saturated rings. The van der Waals surface area contributed by atoms with Crippen LogP contribution in [0, 0.1) is 5.41 Å². The van der Waals surface area contributed by atoms with Gasteiger partial charge in [0.15, 0.2) is 11.9 Å². The molecule has 1 spiro atoms. The minimum Gasteiger partial charge on any atom is -0.497 e. The molecule has 9 heteroatoms. The van der Waals surface area contributed by atoms with E-state index in [1.54, 1.807) is 60.1 Å². The summed E-state index contributed by atoms with van der Waals surface area (Å²) in [5.74, 6) is 0.618. The maximum Gasteiger partial charge on any atom is 0.243 e. The number of methoxy groups -OCH3 is 1. The molecule has 0 amide bonds. The van der Waals surface area contributed by atoms with Gasteiger partial charge in [0.25, 0.3) is 0 Å². The number of piperidine rings is 1. The van der Waals surface area contributed by atoms with Gasteiger partial charge in [0.2, 0.25) is 10.0 Å². The summed E-state index contributed by atoms with van der Waals surface area (Å²) in [5, 5.41) is 10.8. The van der Waals surface area contributed by atoms with Crippen molar-refractivity contribution in [1.82, 2.24) is 14.2 Å². The third kappa shape index (κ3) is 4.23. The normalized spacial score (nSPS) is 21.2. The van der Waals surface area contributed by atoms with Crippen molar-refractivity contribution in [3.8, 4) is 5.75 Å². The summed E-state index contributed by atoms with van der Waals surface area (Å²) < 4.78 is 32.5. The van der Waals surface area contributed by atoms with Crippen LogP contribution in [0.1, 0.15) is 18.5 Å². The largest absolute Gasteiger partial charge is 0.497 e. The third-order valence-corrected chi connectivity index (χ3v) is 8.28. The van der Waals surface area contributed by atoms with E-state index in [1.165, 1.54) is 0 Å². The number of likely N-dealkylation sites (tertiary alicyclic amines) is 1. The minimum atomic E-state index is -3.53. The maximum atomic E-state index is 12.9. The molecule has 8 nitrogen and oxygen atoms in total. The third-order valence-electron chi connectivity index (χ3n) is 6.37. The maximum absolute atomic E-state index is 12.9. The van der Waals surface area contributed by atoms with Crippen LogP contribution in [0.25, 0.3) is 0 Å². The van der Waals surface area contributed by atoms with E-state index in [0.29, 0.717) is 30.8 Å². The van der Waals surface area contributed by atoms with Crippen LogP contribution in [0.3, 0.4) is 0 Å². The highest BCUT2D eigenvalue weighted by Gasteiger charge is 2.48. The average Bonchev–Trinajstić information content (AvgIpc) is 2.79. The van der Waals surface area contributed by atoms with Crippen molar-refractivity contribution in [2.24, 2.45) is 5.41 Å². The van der Waals surface area contributed by atoms with Crippen LogP contribution in [0.4, 0.5) is 0 Å². The lowest BCUT2D eigenvalue weighted by Crippen LogP contribution is -2.63. The number of β-amino-alcohol motifs (C(OH)–C–C–N with tert-alkyl or cyclic N) is 1. The van der Waals surface area contributed by atoms with Crippen LogP contribution in [0.2, 0.25) is 0 Å². The Morgan fingerprint density at radius 3 is 2.39 bits per heavy atom. The van der Waals surface area contributed by atoms with Gasteiger partial charge in [-0.25, -0.2) is 8.42 Å². The number of sulfonamides is 1. The Labute approximate surface area is 182 Å². The number of rotatable bonds is 7. The van der Waals surface area contributed by atoms with Crippen molar-refractivity contribution < 1.29 is 23.1 Å². The first-order valence-electron chi connectivity index (χ1n) is 10.3. The number of nitrogens with zero attached hydrogens (tertiary/aromatic N) is 3. The molecule has 1 atom stereocenters. The minimum absolute atomic E-state index is 0.0276. The molecule has 4 rings (SSSR count). The Kier molecular flexibility index (Phi) is 5.87. The van der Waals surface area contributed by atoms with Crippen molar-refractivity contribution in [2.75, 3.05) is 39.8 Å². The molecule has 1 N–H and O–H groups in total. The quantitative estimate of drug-likeness (QED) is 0.641. The number of benzene rings is 1. The van der Waals surface area contributed by atoms with E-state index in [0.717, 1.165) is 25.9 Å². The number of aromatic nitrogens is 1. The summed E-state index contributed by atoms with van der Waals surface area (Å²) in [7, 11) is -1.99. The zero-order valence-corrected chi connectivity index (χ0v) is 18.3. The zero-order chi connectivity index (χ0) is 22.1. The van der Waals surface area contributed by atoms with Gasteiger partial charge in [-0.2, -0.15) is 4.31 Å². The van der Waals surface area contributed by atoms with E-state index < -0.39 is 15.6 Å². The molecule has 2 aliphatic rings. The SMILES string of the molecule is COc1ccc(S(=O)(=O)N2CCC3(CC2)CN(CC(O)(C=O)c2ccccn2)C3)cc1. The standard InChI is InChI=1S/C22H27N3O5S/c1-30-18-5-7-19(8-6-18)31(28,29)25-12-9-21(10-13-25)14-24(15-21)16-22(27,17-26)20-4-2-3-11-23-20/h2-8,11,17,27H,9-10,12-16H2,1H3. The lowest BCUT2D eigenvalue weighted by Gasteiger charge is -2.54. The number of carbonyl (C=O) groups excluding carboxylic acids is 1. The summed E-state index contributed by atoms with van der Waals surface area (Å²) in [6.45, 7) is 2.56. The van der Waals surface area contributed by atoms with E-state index in [9.17, 15) is 18.3 Å². The van der Waals surface area contributed by atoms with Crippen LogP contribution in [0.15, 0.2) is 53.6 Å². The summed E-state index contributed by atoms with van der Waals surface area (Å²) in [6.07, 6.45) is 3.61. The van der Waals surface area contributed by atoms with Crippen LogP contribution in [-0.4, -0.2) is 73.8 Å². The molecule has 0 aliphatic carbocycles. The lowest BCUT2D eigenvalue weighted by molar-refractivity contribution is -0.134. The molecule has 166 valence electrons. The van der Waals surface area contributed by atoms with Crippen molar-refractivity contribution in [3.63, 3.8) is 0 Å². The first-order chi connectivity index (χ1) is 14.8. The summed E-state index contributed by atoms with van der Waals surface area (Å²) in [5.41, 5.74) is -1.27. The van der Waals surface area contributed by atoms with Gasteiger partial charge in [-0.1, -0.05) is 6.07 Å². The highest BCUT2D eigenvalue weighted by atomic mass is 32.2. The summed E-state index contributed by atoms with van der Waals surface area (Å²) in [4.78, 5) is 18.0. The fourth-order valence-electron chi connectivity index (χ4n) is 4.57. The Morgan fingerprint density at radius 2 is 1.84 bits per heavy atom. The molecule has 1 unspecified atom stereocenters. The molecule has 2 saturated heterocycles. The average molecular weight is 446 g/mol.